The van der Waals surface area contributed by atoms with E-state index >= 15 is 0 Å². The number of carbonyl (C=O) groups is 2. The predicted octanol–water partition coefficient (Wildman–Crippen LogP) is 2.49. The van der Waals surface area contributed by atoms with Crippen LogP contribution in [0.5, 0.6) is 0 Å². The van der Waals surface area contributed by atoms with Gasteiger partial charge in [-0.2, -0.15) is 0 Å². The molecule has 124 valence electrons. The summed E-state index contributed by atoms with van der Waals surface area (Å²) in [6, 6.07) is 0. The molecule has 0 rings (SSSR count). The van der Waals surface area contributed by atoms with Crippen molar-refractivity contribution < 1.29 is 19.1 Å². The van der Waals surface area contributed by atoms with Crippen molar-refractivity contribution in [3.05, 3.63) is 0 Å². The lowest BCUT2D eigenvalue weighted by atomic mass is 9.84. The van der Waals surface area contributed by atoms with E-state index in [9.17, 15) is 9.59 Å². The average Bonchev–Trinajstić information content (AvgIpc) is 2.50. The largest absolute Gasteiger partial charge is 0.463 e. The Bertz CT molecular complexity index is 332. The zero-order chi connectivity index (χ0) is 16.5. The molecule has 0 saturated carbocycles. The Morgan fingerprint density at radius 2 is 1.86 bits per heavy atom. The van der Waals surface area contributed by atoms with Crippen molar-refractivity contribution in [3.8, 4) is 0 Å². The van der Waals surface area contributed by atoms with Crippen LogP contribution in [-0.4, -0.2) is 50.7 Å². The summed E-state index contributed by atoms with van der Waals surface area (Å²) >= 11 is 0. The molecule has 5 nitrogen and oxygen atoms in total. The summed E-state index contributed by atoms with van der Waals surface area (Å²) in [7, 11) is 3.36. The molecule has 0 heterocycles. The van der Waals surface area contributed by atoms with Gasteiger partial charge in [-0.3, -0.25) is 9.59 Å². The van der Waals surface area contributed by atoms with Gasteiger partial charge in [0.1, 0.15) is 6.61 Å². The lowest BCUT2D eigenvalue weighted by Gasteiger charge is -2.29. The molecule has 0 aromatic carbocycles. The number of hydrogen-bond acceptors (Lipinski definition) is 4. The SMILES string of the molecule is CCC(C)C(=O)N(C)CCC(C)(CC)C(=O)OCCOC. The fourth-order valence-electron chi connectivity index (χ4n) is 1.89. The molecule has 2 atom stereocenters. The van der Waals surface area contributed by atoms with E-state index in [1.165, 1.54) is 0 Å². The van der Waals surface area contributed by atoms with E-state index < -0.39 is 5.41 Å². The number of carbonyl (C=O) groups excluding carboxylic acids is 2. The molecule has 0 aromatic heterocycles. The van der Waals surface area contributed by atoms with Crippen LogP contribution >= 0.6 is 0 Å². The molecule has 0 aliphatic carbocycles. The predicted molar refractivity (Wildman–Crippen MR) is 82.9 cm³/mol. The normalized spacial score (nSPS) is 15.1. The summed E-state index contributed by atoms with van der Waals surface area (Å²) < 4.78 is 10.1. The molecule has 1 amide bonds. The molecule has 0 N–H and O–H groups in total. The third kappa shape index (κ3) is 6.46. The molecule has 0 radical (unpaired) electrons. The van der Waals surface area contributed by atoms with Gasteiger partial charge in [0.25, 0.3) is 0 Å². The van der Waals surface area contributed by atoms with Crippen molar-refractivity contribution in [3.63, 3.8) is 0 Å². The second kappa shape index (κ2) is 9.77. The first-order valence-corrected chi connectivity index (χ1v) is 7.73. The van der Waals surface area contributed by atoms with Gasteiger partial charge >= 0.3 is 5.97 Å². The zero-order valence-electron chi connectivity index (χ0n) is 14.4. The van der Waals surface area contributed by atoms with Gasteiger partial charge < -0.3 is 14.4 Å². The summed E-state index contributed by atoms with van der Waals surface area (Å²) in [6.07, 6.45) is 2.12. The highest BCUT2D eigenvalue weighted by atomic mass is 16.6. The Labute approximate surface area is 129 Å². The first kappa shape index (κ1) is 19.9. The standard InChI is InChI=1S/C16H31NO4/c1-7-13(3)14(18)17(5)10-9-16(4,8-2)15(19)21-12-11-20-6/h13H,7-12H2,1-6H3. The van der Waals surface area contributed by atoms with Gasteiger partial charge in [0.05, 0.1) is 12.0 Å². The van der Waals surface area contributed by atoms with Crippen molar-refractivity contribution in [1.29, 1.82) is 0 Å². The highest BCUT2D eigenvalue weighted by Gasteiger charge is 2.33. The van der Waals surface area contributed by atoms with Crippen molar-refractivity contribution >= 4 is 11.9 Å². The lowest BCUT2D eigenvalue weighted by molar-refractivity contribution is -0.157. The fraction of sp³-hybridized carbons (Fsp3) is 0.875. The van der Waals surface area contributed by atoms with Crippen LogP contribution < -0.4 is 0 Å². The molecule has 0 aliphatic rings. The zero-order valence-corrected chi connectivity index (χ0v) is 14.4. The van der Waals surface area contributed by atoms with Gasteiger partial charge in [-0.1, -0.05) is 20.8 Å². The van der Waals surface area contributed by atoms with Crippen LogP contribution in [0.3, 0.4) is 0 Å². The highest BCUT2D eigenvalue weighted by Crippen LogP contribution is 2.28. The Morgan fingerprint density at radius 1 is 1.24 bits per heavy atom. The maximum Gasteiger partial charge on any atom is 0.311 e. The summed E-state index contributed by atoms with van der Waals surface area (Å²) in [4.78, 5) is 25.9. The number of methoxy groups -OCH3 is 1. The molecule has 0 aliphatic heterocycles. The number of nitrogens with zero attached hydrogens (tertiary/aromatic N) is 1. The van der Waals surface area contributed by atoms with Crippen molar-refractivity contribution in [2.45, 2.75) is 47.0 Å². The maximum atomic E-state index is 12.2. The van der Waals surface area contributed by atoms with Crippen LogP contribution in [0.4, 0.5) is 0 Å². The Kier molecular flexibility index (Phi) is 9.26. The Hall–Kier alpha value is -1.10. The third-order valence-electron chi connectivity index (χ3n) is 4.20. The van der Waals surface area contributed by atoms with E-state index in [1.807, 2.05) is 27.7 Å². The summed E-state index contributed by atoms with van der Waals surface area (Å²) in [5.41, 5.74) is -0.558. The fourth-order valence-corrected chi connectivity index (χ4v) is 1.89. The molecule has 0 fully saturated rings. The molecule has 2 unspecified atom stereocenters. The van der Waals surface area contributed by atoms with Crippen LogP contribution in [-0.2, 0) is 19.1 Å². The first-order valence-electron chi connectivity index (χ1n) is 7.73. The average molecular weight is 301 g/mol. The van der Waals surface area contributed by atoms with E-state index in [4.69, 9.17) is 9.47 Å². The molecule has 0 saturated heterocycles. The van der Waals surface area contributed by atoms with Gasteiger partial charge in [-0.05, 0) is 26.2 Å². The molecular weight excluding hydrogens is 270 g/mol. The number of esters is 1. The Morgan fingerprint density at radius 3 is 2.33 bits per heavy atom. The van der Waals surface area contributed by atoms with Crippen LogP contribution in [0.2, 0.25) is 0 Å². The van der Waals surface area contributed by atoms with Crippen LogP contribution in [0.25, 0.3) is 0 Å². The summed E-state index contributed by atoms with van der Waals surface area (Å²) in [6.45, 7) is 9.02. The number of hydrogen-bond donors (Lipinski definition) is 0. The van der Waals surface area contributed by atoms with Crippen molar-refractivity contribution in [1.82, 2.24) is 4.90 Å². The Balaban J connectivity index is 4.47. The molecule has 0 bridgehead atoms. The van der Waals surface area contributed by atoms with E-state index in [1.54, 1.807) is 19.1 Å². The molecule has 0 aromatic rings. The van der Waals surface area contributed by atoms with Gasteiger partial charge in [0.15, 0.2) is 0 Å². The summed E-state index contributed by atoms with van der Waals surface area (Å²) in [5, 5.41) is 0. The minimum absolute atomic E-state index is 0.0246. The van der Waals surface area contributed by atoms with Gasteiger partial charge in [0.2, 0.25) is 5.91 Å². The minimum Gasteiger partial charge on any atom is -0.463 e. The smallest absolute Gasteiger partial charge is 0.311 e. The lowest BCUT2D eigenvalue weighted by Crippen LogP contribution is -2.38. The topological polar surface area (TPSA) is 55.8 Å². The van der Waals surface area contributed by atoms with E-state index in [0.29, 0.717) is 26.0 Å². The molecular formula is C16H31NO4. The van der Waals surface area contributed by atoms with Crippen LogP contribution in [0.1, 0.15) is 47.0 Å². The second-order valence-corrected chi connectivity index (χ2v) is 5.86. The number of ether oxygens (including phenoxy) is 2. The quantitative estimate of drug-likeness (QED) is 0.459. The summed E-state index contributed by atoms with van der Waals surface area (Å²) in [5.74, 6) is -0.0633. The van der Waals surface area contributed by atoms with Gasteiger partial charge in [-0.15, -0.1) is 0 Å². The minimum atomic E-state index is -0.558. The highest BCUT2D eigenvalue weighted by molar-refractivity contribution is 5.78. The third-order valence-corrected chi connectivity index (χ3v) is 4.20. The van der Waals surface area contributed by atoms with Crippen LogP contribution in [0.15, 0.2) is 0 Å². The van der Waals surface area contributed by atoms with E-state index in [0.717, 1.165) is 6.42 Å². The van der Waals surface area contributed by atoms with E-state index in [-0.39, 0.29) is 24.4 Å². The van der Waals surface area contributed by atoms with Crippen molar-refractivity contribution in [2.75, 3.05) is 33.9 Å². The van der Waals surface area contributed by atoms with Crippen LogP contribution in [0, 0.1) is 11.3 Å². The van der Waals surface area contributed by atoms with Gasteiger partial charge in [0, 0.05) is 26.6 Å². The van der Waals surface area contributed by atoms with Gasteiger partial charge in [-0.25, -0.2) is 0 Å². The molecule has 0 spiro atoms. The first-order chi connectivity index (χ1) is 9.82. The van der Waals surface area contributed by atoms with Crippen molar-refractivity contribution in [2.24, 2.45) is 11.3 Å². The molecule has 21 heavy (non-hydrogen) atoms. The monoisotopic (exact) mass is 301 g/mol. The number of rotatable bonds is 10. The second-order valence-electron chi connectivity index (χ2n) is 5.86. The van der Waals surface area contributed by atoms with E-state index in [2.05, 4.69) is 0 Å². The molecule has 5 heteroatoms. The number of amides is 1. The maximum absolute atomic E-state index is 12.2.